The van der Waals surface area contributed by atoms with E-state index in [9.17, 15) is 9.59 Å². The monoisotopic (exact) mass is 434 g/mol. The number of benzene rings is 1. The van der Waals surface area contributed by atoms with Gasteiger partial charge in [-0.25, -0.2) is 4.79 Å². The van der Waals surface area contributed by atoms with Crippen LogP contribution >= 0.6 is 38.5 Å². The molecule has 1 heterocycles. The van der Waals surface area contributed by atoms with Crippen LogP contribution in [-0.4, -0.2) is 9.13 Å². The largest absolute Gasteiger partial charge is 0.331 e. The van der Waals surface area contributed by atoms with Crippen LogP contribution in [0.3, 0.4) is 0 Å². The minimum atomic E-state index is -0.268. The Balaban J connectivity index is 2.50. The maximum Gasteiger partial charge on any atom is 0.331 e. The predicted molar refractivity (Wildman–Crippen MR) is 86.6 cm³/mol. The maximum atomic E-state index is 12.2. The highest BCUT2D eigenvalue weighted by atomic mass is 127. The SMILES string of the molecule is CCn1cc(I)c(=O)n(Cc2ccc(Br)cc2)c1=O. The molecule has 0 aliphatic carbocycles. The van der Waals surface area contributed by atoms with Gasteiger partial charge in [-0.3, -0.25) is 13.9 Å². The Kier molecular flexibility index (Phi) is 4.62. The van der Waals surface area contributed by atoms with Crippen molar-refractivity contribution in [2.24, 2.45) is 0 Å². The number of hydrogen-bond acceptors (Lipinski definition) is 2. The zero-order chi connectivity index (χ0) is 14.0. The lowest BCUT2D eigenvalue weighted by Gasteiger charge is -2.09. The highest BCUT2D eigenvalue weighted by Gasteiger charge is 2.09. The first kappa shape index (κ1) is 14.5. The third-order valence-electron chi connectivity index (χ3n) is 2.79. The molecular formula is C13H12BrIN2O2. The topological polar surface area (TPSA) is 44.0 Å². The van der Waals surface area contributed by atoms with Crippen LogP contribution in [0.5, 0.6) is 0 Å². The van der Waals surface area contributed by atoms with E-state index >= 15 is 0 Å². The Morgan fingerprint density at radius 3 is 2.42 bits per heavy atom. The molecule has 0 atom stereocenters. The van der Waals surface area contributed by atoms with Crippen molar-refractivity contribution >= 4 is 38.5 Å². The fourth-order valence-electron chi connectivity index (χ4n) is 1.76. The van der Waals surface area contributed by atoms with Gasteiger partial charge in [0.15, 0.2) is 0 Å². The second-order valence-corrected chi connectivity index (χ2v) is 6.14. The second-order valence-electron chi connectivity index (χ2n) is 4.06. The van der Waals surface area contributed by atoms with Gasteiger partial charge in [-0.15, -0.1) is 0 Å². The number of aryl methyl sites for hydroxylation is 1. The number of halogens is 2. The van der Waals surface area contributed by atoms with E-state index in [1.165, 1.54) is 4.57 Å². The van der Waals surface area contributed by atoms with Crippen molar-refractivity contribution in [1.29, 1.82) is 0 Å². The Hall–Kier alpha value is -0.890. The summed E-state index contributed by atoms with van der Waals surface area (Å²) in [5, 5.41) is 0. The first-order valence-corrected chi connectivity index (χ1v) is 7.64. The molecule has 6 heteroatoms. The van der Waals surface area contributed by atoms with E-state index in [1.807, 2.05) is 53.8 Å². The fourth-order valence-corrected chi connectivity index (χ4v) is 2.65. The van der Waals surface area contributed by atoms with Gasteiger partial charge in [0.25, 0.3) is 5.56 Å². The van der Waals surface area contributed by atoms with Crippen molar-refractivity contribution in [2.45, 2.75) is 20.0 Å². The first-order valence-electron chi connectivity index (χ1n) is 5.77. The van der Waals surface area contributed by atoms with Crippen molar-refractivity contribution in [3.05, 3.63) is 64.9 Å². The van der Waals surface area contributed by atoms with E-state index < -0.39 is 0 Å². The Bertz CT molecular complexity index is 704. The molecule has 4 nitrogen and oxygen atoms in total. The van der Waals surface area contributed by atoms with Gasteiger partial charge in [0.05, 0.1) is 10.1 Å². The summed E-state index contributed by atoms with van der Waals surface area (Å²) in [5.41, 5.74) is 0.418. The standard InChI is InChI=1S/C13H12BrIN2O2/c1-2-16-8-11(15)12(18)17(13(16)19)7-9-3-5-10(14)6-4-9/h3-6,8H,2,7H2,1H3. The molecular weight excluding hydrogens is 423 g/mol. The highest BCUT2D eigenvalue weighted by Crippen LogP contribution is 2.10. The predicted octanol–water partition coefficient (Wildman–Crippen LogP) is 2.45. The van der Waals surface area contributed by atoms with Crippen molar-refractivity contribution < 1.29 is 0 Å². The van der Waals surface area contributed by atoms with Gasteiger partial charge >= 0.3 is 5.69 Å². The van der Waals surface area contributed by atoms with Gasteiger partial charge in [0, 0.05) is 17.2 Å². The van der Waals surface area contributed by atoms with E-state index in [1.54, 1.807) is 10.8 Å². The quantitative estimate of drug-likeness (QED) is 0.696. The van der Waals surface area contributed by atoms with Crippen LogP contribution in [0, 0.1) is 3.57 Å². The van der Waals surface area contributed by atoms with Gasteiger partial charge in [0.1, 0.15) is 0 Å². The fraction of sp³-hybridized carbons (Fsp3) is 0.231. The van der Waals surface area contributed by atoms with E-state index in [0.29, 0.717) is 16.7 Å². The van der Waals surface area contributed by atoms with Crippen LogP contribution in [0.15, 0.2) is 44.5 Å². The molecule has 0 radical (unpaired) electrons. The van der Waals surface area contributed by atoms with E-state index in [4.69, 9.17) is 0 Å². The molecule has 0 aliphatic rings. The van der Waals surface area contributed by atoms with Crippen molar-refractivity contribution in [1.82, 2.24) is 9.13 Å². The van der Waals surface area contributed by atoms with E-state index in [0.717, 1.165) is 10.0 Å². The van der Waals surface area contributed by atoms with Gasteiger partial charge in [-0.05, 0) is 47.2 Å². The summed E-state index contributed by atoms with van der Waals surface area (Å²) < 4.78 is 4.34. The van der Waals surface area contributed by atoms with Gasteiger partial charge in [0.2, 0.25) is 0 Å². The molecule has 0 N–H and O–H groups in total. The zero-order valence-electron chi connectivity index (χ0n) is 10.3. The van der Waals surface area contributed by atoms with Gasteiger partial charge in [-0.1, -0.05) is 28.1 Å². The van der Waals surface area contributed by atoms with Crippen molar-refractivity contribution in [2.75, 3.05) is 0 Å². The molecule has 0 unspecified atom stereocenters. The summed E-state index contributed by atoms with van der Waals surface area (Å²) in [6.07, 6.45) is 1.60. The molecule has 0 saturated heterocycles. The summed E-state index contributed by atoms with van der Waals surface area (Å²) in [7, 11) is 0. The van der Waals surface area contributed by atoms with Crippen LogP contribution in [-0.2, 0) is 13.1 Å². The van der Waals surface area contributed by atoms with Crippen LogP contribution in [0.2, 0.25) is 0 Å². The zero-order valence-corrected chi connectivity index (χ0v) is 14.0. The minimum absolute atomic E-state index is 0.238. The molecule has 0 amide bonds. The smallest absolute Gasteiger partial charge is 0.300 e. The number of rotatable bonds is 3. The van der Waals surface area contributed by atoms with Crippen LogP contribution < -0.4 is 11.2 Å². The van der Waals surface area contributed by atoms with Crippen LogP contribution in [0.1, 0.15) is 12.5 Å². The number of nitrogens with zero attached hydrogens (tertiary/aromatic N) is 2. The average Bonchev–Trinajstić information content (AvgIpc) is 2.41. The Morgan fingerprint density at radius 2 is 1.84 bits per heavy atom. The molecule has 0 bridgehead atoms. The lowest BCUT2D eigenvalue weighted by Crippen LogP contribution is -2.40. The lowest BCUT2D eigenvalue weighted by atomic mass is 10.2. The molecule has 0 aliphatic heterocycles. The maximum absolute atomic E-state index is 12.2. The average molecular weight is 435 g/mol. The third-order valence-corrected chi connectivity index (χ3v) is 4.06. The van der Waals surface area contributed by atoms with Crippen LogP contribution in [0.25, 0.3) is 0 Å². The molecule has 19 heavy (non-hydrogen) atoms. The molecule has 2 aromatic rings. The normalized spacial score (nSPS) is 10.7. The lowest BCUT2D eigenvalue weighted by molar-refractivity contribution is 0.595. The second kappa shape index (κ2) is 6.04. The van der Waals surface area contributed by atoms with Gasteiger partial charge < -0.3 is 0 Å². The Morgan fingerprint density at radius 1 is 1.21 bits per heavy atom. The molecule has 100 valence electrons. The first-order chi connectivity index (χ1) is 9.02. The van der Waals surface area contributed by atoms with Crippen molar-refractivity contribution in [3.8, 4) is 0 Å². The van der Waals surface area contributed by atoms with Crippen LogP contribution in [0.4, 0.5) is 0 Å². The molecule has 0 spiro atoms. The summed E-state index contributed by atoms with van der Waals surface area (Å²) in [5.74, 6) is 0. The summed E-state index contributed by atoms with van der Waals surface area (Å²) >= 11 is 5.32. The van der Waals surface area contributed by atoms with E-state index in [-0.39, 0.29) is 11.2 Å². The van der Waals surface area contributed by atoms with Crippen molar-refractivity contribution in [3.63, 3.8) is 0 Å². The summed E-state index contributed by atoms with van der Waals surface area (Å²) in [6.45, 7) is 2.73. The third kappa shape index (κ3) is 3.17. The van der Waals surface area contributed by atoms with Gasteiger partial charge in [-0.2, -0.15) is 0 Å². The Labute approximate surface area is 132 Å². The minimum Gasteiger partial charge on any atom is -0.300 e. The molecule has 1 aromatic heterocycles. The highest BCUT2D eigenvalue weighted by molar-refractivity contribution is 14.1. The molecule has 1 aromatic carbocycles. The van der Waals surface area contributed by atoms with E-state index in [2.05, 4.69) is 15.9 Å². The molecule has 0 saturated carbocycles. The molecule has 2 rings (SSSR count). The summed E-state index contributed by atoms with van der Waals surface area (Å²) in [4.78, 5) is 24.2. The number of hydrogen-bond donors (Lipinski definition) is 0. The molecule has 0 fully saturated rings. The number of aromatic nitrogens is 2. The summed E-state index contributed by atoms with van der Waals surface area (Å²) in [6, 6.07) is 7.58.